The van der Waals surface area contributed by atoms with Crippen molar-refractivity contribution in [3.05, 3.63) is 29.6 Å². The van der Waals surface area contributed by atoms with E-state index in [9.17, 15) is 9.18 Å². The first-order valence-electron chi connectivity index (χ1n) is 6.38. The van der Waals surface area contributed by atoms with E-state index in [4.69, 9.17) is 4.74 Å². The quantitative estimate of drug-likeness (QED) is 0.862. The van der Waals surface area contributed by atoms with Gasteiger partial charge in [0.15, 0.2) is 0 Å². The summed E-state index contributed by atoms with van der Waals surface area (Å²) >= 11 is 3.60. The minimum Gasteiger partial charge on any atom is -0.496 e. The summed E-state index contributed by atoms with van der Waals surface area (Å²) in [5, 5.41) is 2.80. The van der Waals surface area contributed by atoms with Crippen LogP contribution in [0.3, 0.4) is 0 Å². The van der Waals surface area contributed by atoms with Crippen molar-refractivity contribution in [2.45, 2.75) is 24.1 Å². The van der Waals surface area contributed by atoms with Crippen molar-refractivity contribution in [3.63, 3.8) is 0 Å². The van der Waals surface area contributed by atoms with Gasteiger partial charge in [-0.1, -0.05) is 28.4 Å². The molecule has 0 aliphatic heterocycles. The molecular formula is C14H17BrFNO2. The lowest BCUT2D eigenvalue weighted by Crippen LogP contribution is -2.31. The van der Waals surface area contributed by atoms with Crippen LogP contribution in [0.4, 0.5) is 4.39 Å². The minimum absolute atomic E-state index is 0.0193. The zero-order valence-corrected chi connectivity index (χ0v) is 12.4. The van der Waals surface area contributed by atoms with Crippen LogP contribution in [0.2, 0.25) is 0 Å². The van der Waals surface area contributed by atoms with Crippen LogP contribution in [0.1, 0.15) is 29.6 Å². The highest BCUT2D eigenvalue weighted by Crippen LogP contribution is 2.31. The van der Waals surface area contributed by atoms with Crippen molar-refractivity contribution >= 4 is 21.8 Å². The number of nitrogens with one attached hydrogen (secondary N) is 1. The van der Waals surface area contributed by atoms with Gasteiger partial charge in [0, 0.05) is 11.4 Å². The molecule has 1 amide bonds. The molecule has 2 rings (SSSR count). The number of rotatable bonds is 4. The lowest BCUT2D eigenvalue weighted by atomic mass is 10.1. The first-order valence-corrected chi connectivity index (χ1v) is 7.30. The topological polar surface area (TPSA) is 38.3 Å². The summed E-state index contributed by atoms with van der Waals surface area (Å²) in [7, 11) is 1.43. The van der Waals surface area contributed by atoms with E-state index in [2.05, 4.69) is 21.2 Å². The van der Waals surface area contributed by atoms with E-state index in [-0.39, 0.29) is 11.3 Å². The summed E-state index contributed by atoms with van der Waals surface area (Å²) < 4.78 is 18.7. The molecule has 1 fully saturated rings. The largest absolute Gasteiger partial charge is 0.496 e. The molecule has 0 bridgehead atoms. The average molecular weight is 330 g/mol. The molecule has 2 unspecified atom stereocenters. The lowest BCUT2D eigenvalue weighted by Gasteiger charge is -2.15. The zero-order chi connectivity index (χ0) is 13.8. The fourth-order valence-electron chi connectivity index (χ4n) is 2.43. The number of benzene rings is 1. The molecule has 0 radical (unpaired) electrons. The molecule has 5 heteroatoms. The molecule has 1 aromatic rings. The highest BCUT2D eigenvalue weighted by molar-refractivity contribution is 9.09. The number of amides is 1. The summed E-state index contributed by atoms with van der Waals surface area (Å²) in [6.07, 6.45) is 3.38. The summed E-state index contributed by atoms with van der Waals surface area (Å²) in [6.45, 7) is 0.562. The van der Waals surface area contributed by atoms with Crippen LogP contribution in [0.5, 0.6) is 5.75 Å². The van der Waals surface area contributed by atoms with Crippen LogP contribution in [0.15, 0.2) is 18.2 Å². The second-order valence-corrected chi connectivity index (χ2v) is 5.91. The summed E-state index contributed by atoms with van der Waals surface area (Å²) in [5.41, 5.74) is -0.0193. The first-order chi connectivity index (χ1) is 9.13. The highest BCUT2D eigenvalue weighted by Gasteiger charge is 2.26. The predicted molar refractivity (Wildman–Crippen MR) is 75.3 cm³/mol. The molecule has 0 heterocycles. The molecule has 19 heavy (non-hydrogen) atoms. The fraction of sp³-hybridized carbons (Fsp3) is 0.500. The molecule has 2 atom stereocenters. The van der Waals surface area contributed by atoms with Gasteiger partial charge in [-0.15, -0.1) is 0 Å². The Labute approximate surface area is 120 Å². The monoisotopic (exact) mass is 329 g/mol. The van der Waals surface area contributed by atoms with Crippen molar-refractivity contribution in [1.29, 1.82) is 0 Å². The van der Waals surface area contributed by atoms with Crippen molar-refractivity contribution < 1.29 is 13.9 Å². The normalized spacial score (nSPS) is 22.3. The summed E-state index contributed by atoms with van der Waals surface area (Å²) in [5.74, 6) is -0.291. The van der Waals surface area contributed by atoms with Crippen molar-refractivity contribution in [2.75, 3.05) is 13.7 Å². The van der Waals surface area contributed by atoms with Gasteiger partial charge in [0.1, 0.15) is 17.1 Å². The van der Waals surface area contributed by atoms with Crippen molar-refractivity contribution in [2.24, 2.45) is 5.92 Å². The summed E-state index contributed by atoms with van der Waals surface area (Å²) in [6, 6.07) is 4.37. The number of hydrogen-bond donors (Lipinski definition) is 1. The third-order valence-electron chi connectivity index (χ3n) is 3.51. The standard InChI is InChI=1S/C14H17BrFNO2/c1-19-12-7-3-6-11(16)13(12)14(18)17-8-9-4-2-5-10(9)15/h3,6-7,9-10H,2,4-5,8H2,1H3,(H,17,18). The van der Waals surface area contributed by atoms with Crippen LogP contribution < -0.4 is 10.1 Å². The average Bonchev–Trinajstić information content (AvgIpc) is 2.81. The molecule has 3 nitrogen and oxygen atoms in total. The Hall–Kier alpha value is -1.10. The Kier molecular flexibility index (Phi) is 4.80. The molecule has 0 spiro atoms. The number of halogens is 2. The Morgan fingerprint density at radius 3 is 2.95 bits per heavy atom. The van der Waals surface area contributed by atoms with Crippen LogP contribution >= 0.6 is 15.9 Å². The van der Waals surface area contributed by atoms with E-state index in [0.717, 1.165) is 12.8 Å². The van der Waals surface area contributed by atoms with E-state index in [0.29, 0.717) is 17.3 Å². The molecule has 1 N–H and O–H groups in total. The molecule has 0 saturated heterocycles. The molecule has 0 aromatic heterocycles. The van der Waals surface area contributed by atoms with E-state index in [1.807, 2.05) is 0 Å². The third-order valence-corrected chi connectivity index (χ3v) is 4.72. The van der Waals surface area contributed by atoms with Gasteiger partial charge >= 0.3 is 0 Å². The van der Waals surface area contributed by atoms with Crippen molar-refractivity contribution in [3.8, 4) is 5.75 Å². The SMILES string of the molecule is COc1cccc(F)c1C(=O)NCC1CCCC1Br. The number of alkyl halides is 1. The van der Waals surface area contributed by atoms with Gasteiger partial charge in [0.2, 0.25) is 0 Å². The van der Waals surface area contributed by atoms with Gasteiger partial charge < -0.3 is 10.1 Å². The number of ether oxygens (including phenoxy) is 1. The fourth-order valence-corrected chi connectivity index (χ4v) is 3.20. The minimum atomic E-state index is -0.557. The number of methoxy groups -OCH3 is 1. The molecule has 1 saturated carbocycles. The van der Waals surface area contributed by atoms with E-state index >= 15 is 0 Å². The third kappa shape index (κ3) is 3.26. The maximum absolute atomic E-state index is 13.7. The van der Waals surface area contributed by atoms with Crippen LogP contribution in [-0.2, 0) is 0 Å². The number of carbonyl (C=O) groups excluding carboxylic acids is 1. The van der Waals surface area contributed by atoms with Gasteiger partial charge in [-0.3, -0.25) is 4.79 Å². The zero-order valence-electron chi connectivity index (χ0n) is 10.8. The van der Waals surface area contributed by atoms with Gasteiger partial charge in [-0.2, -0.15) is 0 Å². The number of carbonyl (C=O) groups is 1. The van der Waals surface area contributed by atoms with Gasteiger partial charge in [-0.05, 0) is 30.9 Å². The second kappa shape index (κ2) is 6.37. The lowest BCUT2D eigenvalue weighted by molar-refractivity contribution is 0.0940. The van der Waals surface area contributed by atoms with Crippen LogP contribution in [0.25, 0.3) is 0 Å². The number of hydrogen-bond acceptors (Lipinski definition) is 2. The van der Waals surface area contributed by atoms with E-state index in [1.165, 1.54) is 25.7 Å². The van der Waals surface area contributed by atoms with Gasteiger partial charge in [-0.25, -0.2) is 4.39 Å². The molecule has 1 aromatic carbocycles. The smallest absolute Gasteiger partial charge is 0.258 e. The predicted octanol–water partition coefficient (Wildman–Crippen LogP) is 3.13. The van der Waals surface area contributed by atoms with Crippen molar-refractivity contribution in [1.82, 2.24) is 5.32 Å². The molecule has 104 valence electrons. The molecule has 1 aliphatic carbocycles. The Bertz CT molecular complexity index is 467. The highest BCUT2D eigenvalue weighted by atomic mass is 79.9. The van der Waals surface area contributed by atoms with E-state index < -0.39 is 11.7 Å². The Balaban J connectivity index is 2.03. The van der Waals surface area contributed by atoms with Crippen LogP contribution in [0, 0.1) is 11.7 Å². The van der Waals surface area contributed by atoms with E-state index in [1.54, 1.807) is 6.07 Å². The maximum atomic E-state index is 13.7. The Morgan fingerprint density at radius 1 is 1.53 bits per heavy atom. The molecule has 1 aliphatic rings. The molecular weight excluding hydrogens is 313 g/mol. The van der Waals surface area contributed by atoms with Crippen LogP contribution in [-0.4, -0.2) is 24.4 Å². The summed E-state index contributed by atoms with van der Waals surface area (Å²) in [4.78, 5) is 12.5. The maximum Gasteiger partial charge on any atom is 0.258 e. The Morgan fingerprint density at radius 2 is 2.32 bits per heavy atom. The van der Waals surface area contributed by atoms with Gasteiger partial charge in [0.25, 0.3) is 5.91 Å². The second-order valence-electron chi connectivity index (χ2n) is 4.73. The first kappa shape index (κ1) is 14.3. The van der Waals surface area contributed by atoms with Gasteiger partial charge in [0.05, 0.1) is 7.11 Å².